The zero-order chi connectivity index (χ0) is 29.2. The minimum atomic E-state index is -4.65. The van der Waals surface area contributed by atoms with Gasteiger partial charge in [0.1, 0.15) is 11.7 Å². The number of thiazole rings is 1. The molecule has 1 aromatic rings. The van der Waals surface area contributed by atoms with Crippen molar-refractivity contribution in [3.8, 4) is 0 Å². The molecule has 0 aliphatic carbocycles. The van der Waals surface area contributed by atoms with E-state index in [2.05, 4.69) is 10.1 Å². The molecule has 1 fully saturated rings. The van der Waals surface area contributed by atoms with Crippen molar-refractivity contribution in [3.63, 3.8) is 0 Å². The summed E-state index contributed by atoms with van der Waals surface area (Å²) in [7, 11) is -3.39. The monoisotopic (exact) mass is 577 g/mol. The number of carbonyl (C=O) groups excluding carboxylic acids is 3. The van der Waals surface area contributed by atoms with Crippen molar-refractivity contribution in [1.82, 2.24) is 14.2 Å². The maximum Gasteiger partial charge on any atom is 0.365 e. The van der Waals surface area contributed by atoms with Crippen LogP contribution in [-0.2, 0) is 43.2 Å². The molecule has 0 spiro atoms. The zero-order valence-electron chi connectivity index (χ0n) is 22.0. The van der Waals surface area contributed by atoms with Crippen LogP contribution in [0.5, 0.6) is 0 Å². The zero-order valence-corrected chi connectivity index (χ0v) is 23.6. The number of rotatable bonds is 12. The fourth-order valence-electron chi connectivity index (χ4n) is 3.11. The number of carbonyl (C=O) groups is 4. The average molecular weight is 578 g/mol. The summed E-state index contributed by atoms with van der Waals surface area (Å²) in [4.78, 5) is 59.9. The third kappa shape index (κ3) is 6.39. The molecule has 17 heteroatoms. The molecule has 0 aromatic carbocycles. The van der Waals surface area contributed by atoms with E-state index in [-0.39, 0.29) is 17.4 Å². The Hall–Kier alpha value is -3.31. The van der Waals surface area contributed by atoms with Crippen LogP contribution in [0.25, 0.3) is 0 Å². The second-order valence-electron chi connectivity index (χ2n) is 9.48. The van der Waals surface area contributed by atoms with Crippen LogP contribution in [0.15, 0.2) is 10.5 Å². The number of β-lactam (4-membered cyclic amide) rings is 1. The van der Waals surface area contributed by atoms with Gasteiger partial charge in [0.25, 0.3) is 11.8 Å². The number of nitrogens with two attached hydrogens (primary N) is 1. The van der Waals surface area contributed by atoms with Gasteiger partial charge >= 0.3 is 22.2 Å². The van der Waals surface area contributed by atoms with Gasteiger partial charge in [-0.2, -0.15) is 8.42 Å². The Kier molecular flexibility index (Phi) is 9.11. The number of esters is 1. The third-order valence-corrected chi connectivity index (χ3v) is 7.61. The number of hydrogen-bond acceptors (Lipinski definition) is 13. The molecule has 0 saturated carbocycles. The third-order valence-electron chi connectivity index (χ3n) is 5.52. The quantitative estimate of drug-likeness (QED) is 0.148. The largest absolute Gasteiger partial charge is 0.481 e. The highest BCUT2D eigenvalue weighted by atomic mass is 32.2. The maximum absolute atomic E-state index is 13.4. The normalized spacial score (nSPS) is 18.6. The van der Waals surface area contributed by atoms with E-state index < -0.39 is 69.5 Å². The minimum Gasteiger partial charge on any atom is -0.481 e. The fraction of sp³-hybridized carbons (Fsp3) is 0.619. The predicted molar refractivity (Wildman–Crippen MR) is 134 cm³/mol. The summed E-state index contributed by atoms with van der Waals surface area (Å²) in [6.07, 6.45) is 0. The summed E-state index contributed by atoms with van der Waals surface area (Å²) in [6.45, 7) is 7.64. The molecule has 1 aliphatic heterocycles. The van der Waals surface area contributed by atoms with Crippen LogP contribution in [0.2, 0.25) is 0 Å². The van der Waals surface area contributed by atoms with E-state index in [4.69, 9.17) is 24.6 Å². The molecule has 0 radical (unpaired) electrons. The Bertz CT molecular complexity index is 1240. The lowest BCUT2D eigenvalue weighted by Gasteiger charge is -2.46. The maximum atomic E-state index is 13.4. The molecular weight excluding hydrogens is 546 g/mol. The summed E-state index contributed by atoms with van der Waals surface area (Å²) in [5.74, 6) is -3.88. The predicted octanol–water partition coefficient (Wildman–Crippen LogP) is 0.218. The number of amides is 2. The number of nitrogens with zero attached hydrogens (tertiary/aromatic N) is 4. The number of carboxylic acids is 1. The molecule has 15 nitrogen and oxygen atoms in total. The van der Waals surface area contributed by atoms with Crippen molar-refractivity contribution >= 4 is 56.2 Å². The topological polar surface area (TPSA) is 208 Å². The van der Waals surface area contributed by atoms with Gasteiger partial charge in [0.15, 0.2) is 10.8 Å². The fourth-order valence-corrected chi connectivity index (χ4v) is 5.07. The Morgan fingerprint density at radius 1 is 1.29 bits per heavy atom. The molecule has 2 amide bonds. The molecule has 1 aromatic heterocycles. The highest BCUT2D eigenvalue weighted by Gasteiger charge is 2.55. The number of oxime groups is 1. The summed E-state index contributed by atoms with van der Waals surface area (Å²) in [5, 5.41) is 14.5. The van der Waals surface area contributed by atoms with E-state index in [1.807, 2.05) is 0 Å². The summed E-state index contributed by atoms with van der Waals surface area (Å²) < 4.78 is 35.4. The van der Waals surface area contributed by atoms with Crippen molar-refractivity contribution in [2.75, 3.05) is 26.0 Å². The lowest BCUT2D eigenvalue weighted by molar-refractivity contribution is -0.167. The SMILES string of the molecule is CCOC(=O)C(C)(C)O/N=C(/C(=O)N(C)[C@@H]1C(=O)N(S(=O)(=O)OCC(C)(C)C(=O)O)[C@H]1C)c1csc(N)n1. The molecule has 2 rings (SSSR count). The molecule has 38 heavy (non-hydrogen) atoms. The second kappa shape index (κ2) is 11.2. The molecule has 0 bridgehead atoms. The molecule has 1 saturated heterocycles. The highest BCUT2D eigenvalue weighted by molar-refractivity contribution is 7.85. The molecule has 2 heterocycles. The number of ether oxygens (including phenoxy) is 1. The van der Waals surface area contributed by atoms with Crippen LogP contribution < -0.4 is 5.73 Å². The first-order chi connectivity index (χ1) is 17.4. The van der Waals surface area contributed by atoms with E-state index in [1.54, 1.807) is 6.92 Å². The van der Waals surface area contributed by atoms with Crippen LogP contribution in [-0.4, -0.2) is 95.1 Å². The first-order valence-electron chi connectivity index (χ1n) is 11.2. The van der Waals surface area contributed by atoms with Crippen LogP contribution in [0.3, 0.4) is 0 Å². The van der Waals surface area contributed by atoms with Crippen molar-refractivity contribution in [3.05, 3.63) is 11.1 Å². The minimum absolute atomic E-state index is 0.00662. The van der Waals surface area contributed by atoms with Crippen molar-refractivity contribution in [1.29, 1.82) is 0 Å². The molecule has 3 N–H and O–H groups in total. The lowest BCUT2D eigenvalue weighted by Crippen LogP contribution is -2.71. The van der Waals surface area contributed by atoms with E-state index in [0.29, 0.717) is 4.31 Å². The van der Waals surface area contributed by atoms with Gasteiger partial charge in [0, 0.05) is 12.4 Å². The van der Waals surface area contributed by atoms with E-state index in [0.717, 1.165) is 16.2 Å². The molecule has 2 atom stereocenters. The average Bonchev–Trinajstić information content (AvgIpc) is 3.23. The van der Waals surface area contributed by atoms with Crippen LogP contribution in [0.4, 0.5) is 5.13 Å². The number of carboxylic acid groups (broad SMARTS) is 1. The Morgan fingerprint density at radius 3 is 2.37 bits per heavy atom. The van der Waals surface area contributed by atoms with Crippen molar-refractivity contribution in [2.45, 2.75) is 59.2 Å². The van der Waals surface area contributed by atoms with Crippen LogP contribution in [0, 0.1) is 5.41 Å². The highest BCUT2D eigenvalue weighted by Crippen LogP contribution is 2.30. The van der Waals surface area contributed by atoms with E-state index in [1.165, 1.54) is 47.0 Å². The van der Waals surface area contributed by atoms with Gasteiger partial charge in [-0.3, -0.25) is 18.6 Å². The number of hydrogen-bond donors (Lipinski definition) is 2. The van der Waals surface area contributed by atoms with Crippen molar-refractivity contribution < 1.29 is 46.5 Å². The van der Waals surface area contributed by atoms with Gasteiger partial charge < -0.3 is 25.3 Å². The molecule has 1 aliphatic rings. The lowest BCUT2D eigenvalue weighted by atomic mass is 9.96. The Balaban J connectivity index is 2.28. The summed E-state index contributed by atoms with van der Waals surface area (Å²) >= 11 is 1.01. The molecule has 212 valence electrons. The Labute approximate surface area is 223 Å². The summed E-state index contributed by atoms with van der Waals surface area (Å²) in [5.41, 5.74) is 2.19. The number of anilines is 1. The van der Waals surface area contributed by atoms with Gasteiger partial charge in [-0.1, -0.05) is 5.16 Å². The van der Waals surface area contributed by atoms with Gasteiger partial charge in [-0.25, -0.2) is 14.1 Å². The molecular formula is C21H31N5O10S2. The standard InChI is InChI=1S/C21H31N5O10S2/c1-8-34-18(31)21(5,6)36-24-13(12-9-37-19(22)23-12)15(27)25(7)14-11(2)26(16(14)28)38(32,33)35-10-20(3,4)17(29)30/h9,11,14H,8,10H2,1-7H3,(H2,22,23)(H,29,30)/b24-13+/t11-,14-/m0/s1. The van der Waals surface area contributed by atoms with Gasteiger partial charge in [0.2, 0.25) is 5.60 Å². The Morgan fingerprint density at radius 2 is 1.89 bits per heavy atom. The van der Waals surface area contributed by atoms with Gasteiger partial charge in [-0.15, -0.1) is 11.3 Å². The van der Waals surface area contributed by atoms with Gasteiger partial charge in [-0.05, 0) is 41.5 Å². The summed E-state index contributed by atoms with van der Waals surface area (Å²) in [6, 6.07) is -2.30. The molecule has 0 unspecified atom stereocenters. The van der Waals surface area contributed by atoms with Gasteiger partial charge in [0.05, 0.1) is 24.7 Å². The van der Waals surface area contributed by atoms with E-state index in [9.17, 15) is 27.6 Å². The second-order valence-corrected chi connectivity index (χ2v) is 11.9. The van der Waals surface area contributed by atoms with Crippen molar-refractivity contribution in [2.24, 2.45) is 10.6 Å². The van der Waals surface area contributed by atoms with Crippen LogP contribution in [0.1, 0.15) is 47.2 Å². The number of likely N-dealkylation sites (N-methyl/N-ethyl adjacent to an activating group) is 1. The number of aromatic nitrogens is 1. The number of aliphatic carboxylic acids is 1. The van der Waals surface area contributed by atoms with E-state index >= 15 is 0 Å². The number of nitrogen functional groups attached to an aromatic ring is 1. The smallest absolute Gasteiger partial charge is 0.365 e. The first-order valence-corrected chi connectivity index (χ1v) is 13.5. The first kappa shape index (κ1) is 30.9. The van der Waals surface area contributed by atoms with Crippen LogP contribution >= 0.6 is 11.3 Å².